The molecule has 0 saturated carbocycles. The summed E-state index contributed by atoms with van der Waals surface area (Å²) in [6.07, 6.45) is 3.64. The average Bonchev–Trinajstić information content (AvgIpc) is 2.66. The highest BCUT2D eigenvalue weighted by atomic mass is 35.5. The molecule has 0 aromatic heterocycles. The Kier molecular flexibility index (Phi) is 6.70. The topological polar surface area (TPSA) is 23.6 Å². The molecule has 138 valence electrons. The van der Waals surface area contributed by atoms with E-state index in [9.17, 15) is 4.79 Å². The van der Waals surface area contributed by atoms with Crippen molar-refractivity contribution in [2.24, 2.45) is 0 Å². The van der Waals surface area contributed by atoms with Gasteiger partial charge in [0, 0.05) is 29.8 Å². The van der Waals surface area contributed by atoms with Crippen molar-refractivity contribution in [3.63, 3.8) is 0 Å². The summed E-state index contributed by atoms with van der Waals surface area (Å²) in [6, 6.07) is 17.9. The smallest absolute Gasteiger partial charge is 0.231 e. The van der Waals surface area contributed by atoms with E-state index in [0.29, 0.717) is 11.4 Å². The molecule has 1 amide bonds. The summed E-state index contributed by atoms with van der Waals surface area (Å²) in [4.78, 5) is 17.7. The summed E-state index contributed by atoms with van der Waals surface area (Å²) in [6.45, 7) is 5.48. The van der Waals surface area contributed by atoms with Crippen molar-refractivity contribution in [2.45, 2.75) is 38.6 Å². The average molecular weight is 371 g/mol. The number of halogens is 1. The van der Waals surface area contributed by atoms with Gasteiger partial charge in [0.05, 0.1) is 6.42 Å². The van der Waals surface area contributed by atoms with Gasteiger partial charge in [-0.1, -0.05) is 48.9 Å². The van der Waals surface area contributed by atoms with E-state index in [1.54, 1.807) is 0 Å². The summed E-state index contributed by atoms with van der Waals surface area (Å²) in [7, 11) is 0. The number of nitrogens with zero attached hydrogens (tertiary/aromatic N) is 2. The van der Waals surface area contributed by atoms with E-state index in [4.69, 9.17) is 11.6 Å². The summed E-state index contributed by atoms with van der Waals surface area (Å²) in [5, 5.41) is 0.696. The number of likely N-dealkylation sites (tertiary alicyclic amines) is 1. The molecular formula is C22H27ClN2O. The number of amides is 1. The molecule has 0 N–H and O–H groups in total. The zero-order valence-electron chi connectivity index (χ0n) is 15.4. The second-order valence-corrected chi connectivity index (χ2v) is 7.41. The zero-order valence-corrected chi connectivity index (χ0v) is 16.2. The lowest BCUT2D eigenvalue weighted by Crippen LogP contribution is -2.48. The van der Waals surface area contributed by atoms with Gasteiger partial charge in [-0.05, 0) is 55.6 Å². The molecule has 1 saturated heterocycles. The number of benzene rings is 2. The predicted molar refractivity (Wildman–Crippen MR) is 109 cm³/mol. The first-order valence-corrected chi connectivity index (χ1v) is 9.89. The monoisotopic (exact) mass is 370 g/mol. The van der Waals surface area contributed by atoms with Crippen LogP contribution in [0.15, 0.2) is 54.6 Å². The maximum Gasteiger partial charge on any atom is 0.231 e. The molecular weight excluding hydrogens is 344 g/mol. The number of anilines is 1. The van der Waals surface area contributed by atoms with Crippen molar-refractivity contribution >= 4 is 23.2 Å². The molecule has 0 aliphatic carbocycles. The van der Waals surface area contributed by atoms with E-state index in [2.05, 4.69) is 11.8 Å². The number of piperidine rings is 1. The maximum absolute atomic E-state index is 13.2. The molecule has 2 aromatic carbocycles. The van der Waals surface area contributed by atoms with E-state index in [-0.39, 0.29) is 11.9 Å². The van der Waals surface area contributed by atoms with Gasteiger partial charge < -0.3 is 9.80 Å². The Hall–Kier alpha value is -1.84. The van der Waals surface area contributed by atoms with Gasteiger partial charge in [-0.25, -0.2) is 0 Å². The van der Waals surface area contributed by atoms with Gasteiger partial charge in [0.1, 0.15) is 0 Å². The van der Waals surface area contributed by atoms with Crippen molar-refractivity contribution in [1.82, 2.24) is 4.90 Å². The fourth-order valence-electron chi connectivity index (χ4n) is 3.73. The molecule has 2 aromatic rings. The molecule has 4 heteroatoms. The zero-order chi connectivity index (χ0) is 18.4. The molecule has 3 rings (SSSR count). The third kappa shape index (κ3) is 4.87. The number of carbonyl (C=O) groups excluding carboxylic acids is 1. The minimum absolute atomic E-state index is 0.160. The molecule has 26 heavy (non-hydrogen) atoms. The summed E-state index contributed by atoms with van der Waals surface area (Å²) >= 11 is 6.06. The van der Waals surface area contributed by atoms with Crippen LogP contribution in [0.3, 0.4) is 0 Å². The van der Waals surface area contributed by atoms with Crippen LogP contribution in [0.25, 0.3) is 0 Å². The van der Waals surface area contributed by atoms with Crippen LogP contribution in [-0.2, 0) is 11.2 Å². The Morgan fingerprint density at radius 1 is 1.08 bits per heavy atom. The molecule has 1 aliphatic rings. The van der Waals surface area contributed by atoms with E-state index >= 15 is 0 Å². The van der Waals surface area contributed by atoms with Crippen LogP contribution < -0.4 is 4.90 Å². The van der Waals surface area contributed by atoms with Gasteiger partial charge in [0.2, 0.25) is 5.91 Å². The van der Waals surface area contributed by atoms with Gasteiger partial charge in [-0.3, -0.25) is 4.79 Å². The second kappa shape index (κ2) is 9.20. The van der Waals surface area contributed by atoms with E-state index in [1.165, 1.54) is 6.42 Å². The first-order chi connectivity index (χ1) is 12.7. The number of hydrogen-bond acceptors (Lipinski definition) is 2. The second-order valence-electron chi connectivity index (χ2n) is 6.98. The summed E-state index contributed by atoms with van der Waals surface area (Å²) < 4.78 is 0. The maximum atomic E-state index is 13.2. The number of carbonyl (C=O) groups is 1. The first kappa shape index (κ1) is 18.9. The van der Waals surface area contributed by atoms with Gasteiger partial charge >= 0.3 is 0 Å². The van der Waals surface area contributed by atoms with E-state index in [0.717, 1.165) is 43.7 Å². The molecule has 3 nitrogen and oxygen atoms in total. The largest absolute Gasteiger partial charge is 0.309 e. The molecule has 0 bridgehead atoms. The van der Waals surface area contributed by atoms with Gasteiger partial charge in [-0.2, -0.15) is 0 Å². The highest BCUT2D eigenvalue weighted by molar-refractivity contribution is 6.30. The Morgan fingerprint density at radius 2 is 1.73 bits per heavy atom. The molecule has 1 fully saturated rings. The minimum atomic E-state index is 0.160. The number of rotatable bonds is 6. The molecule has 0 spiro atoms. The number of hydrogen-bond donors (Lipinski definition) is 0. The highest BCUT2D eigenvalue weighted by Gasteiger charge is 2.28. The van der Waals surface area contributed by atoms with Crippen LogP contribution in [0.2, 0.25) is 5.02 Å². The predicted octanol–water partition coefficient (Wildman–Crippen LogP) is 4.79. The Balaban J connectivity index is 1.78. The summed E-state index contributed by atoms with van der Waals surface area (Å²) in [5.74, 6) is 0.160. The standard InChI is InChI=1S/C22H27ClN2O/c1-2-14-24-15-12-21(13-16-24)25(20-10-8-19(23)9-11-20)22(26)17-18-6-4-3-5-7-18/h3-11,21H,2,12-17H2,1H3. The third-order valence-electron chi connectivity index (χ3n) is 5.03. The van der Waals surface area contributed by atoms with Crippen LogP contribution in [0, 0.1) is 0 Å². The molecule has 0 radical (unpaired) electrons. The van der Waals surface area contributed by atoms with Gasteiger partial charge in [0.15, 0.2) is 0 Å². The van der Waals surface area contributed by atoms with Gasteiger partial charge in [0.25, 0.3) is 0 Å². The quantitative estimate of drug-likeness (QED) is 0.729. The highest BCUT2D eigenvalue weighted by Crippen LogP contribution is 2.26. The van der Waals surface area contributed by atoms with Crippen molar-refractivity contribution in [3.8, 4) is 0 Å². The van der Waals surface area contributed by atoms with Crippen LogP contribution in [0.1, 0.15) is 31.7 Å². The van der Waals surface area contributed by atoms with Crippen LogP contribution in [0.4, 0.5) is 5.69 Å². The fourth-order valence-corrected chi connectivity index (χ4v) is 3.86. The lowest BCUT2D eigenvalue weighted by atomic mass is 10.0. The molecule has 1 heterocycles. The fraction of sp³-hybridized carbons (Fsp3) is 0.409. The Bertz CT molecular complexity index is 694. The van der Waals surface area contributed by atoms with Crippen LogP contribution >= 0.6 is 11.6 Å². The molecule has 0 atom stereocenters. The molecule has 1 aliphatic heterocycles. The van der Waals surface area contributed by atoms with Crippen molar-refractivity contribution in [1.29, 1.82) is 0 Å². The van der Waals surface area contributed by atoms with Crippen LogP contribution in [0.5, 0.6) is 0 Å². The normalized spacial score (nSPS) is 15.8. The lowest BCUT2D eigenvalue weighted by molar-refractivity contribution is -0.118. The van der Waals surface area contributed by atoms with Crippen molar-refractivity contribution < 1.29 is 4.79 Å². The van der Waals surface area contributed by atoms with Gasteiger partial charge in [-0.15, -0.1) is 0 Å². The lowest BCUT2D eigenvalue weighted by Gasteiger charge is -2.38. The van der Waals surface area contributed by atoms with Crippen LogP contribution in [-0.4, -0.2) is 36.5 Å². The third-order valence-corrected chi connectivity index (χ3v) is 5.29. The first-order valence-electron chi connectivity index (χ1n) is 9.51. The summed E-state index contributed by atoms with van der Waals surface area (Å²) in [5.41, 5.74) is 2.00. The Labute approximate surface area is 161 Å². The van der Waals surface area contributed by atoms with Crippen molar-refractivity contribution in [3.05, 3.63) is 65.2 Å². The van der Waals surface area contributed by atoms with Crippen molar-refractivity contribution in [2.75, 3.05) is 24.5 Å². The SMILES string of the molecule is CCCN1CCC(N(C(=O)Cc2ccccc2)c2ccc(Cl)cc2)CC1. The molecule has 0 unspecified atom stereocenters. The van der Waals surface area contributed by atoms with E-state index in [1.807, 2.05) is 59.5 Å². The Morgan fingerprint density at radius 3 is 2.35 bits per heavy atom. The van der Waals surface area contributed by atoms with E-state index < -0.39 is 0 Å². The minimum Gasteiger partial charge on any atom is -0.309 e.